The van der Waals surface area contributed by atoms with Gasteiger partial charge in [0.1, 0.15) is 5.78 Å². The molecule has 6 heteroatoms. The van der Waals surface area contributed by atoms with Gasteiger partial charge in [-0.15, -0.1) is 0 Å². The van der Waals surface area contributed by atoms with Crippen molar-refractivity contribution in [2.45, 2.75) is 19.3 Å². The van der Waals surface area contributed by atoms with Gasteiger partial charge in [-0.25, -0.2) is 8.42 Å². The second-order valence-electron chi connectivity index (χ2n) is 3.57. The zero-order valence-corrected chi connectivity index (χ0v) is 12.6. The summed E-state index contributed by atoms with van der Waals surface area (Å²) in [6, 6.07) is 9.21. The standard InChI is InChI=1S/C11H14O4S.Na/c12-11(7-4-8-16(13,14)15)9-10-5-2-1-3-6-10;/h1-3,5-6H,4,7-9H2,(H,13,14,15);/q;+1/p-1. The fraction of sp³-hybridized carbons (Fsp3) is 0.364. The zero-order valence-electron chi connectivity index (χ0n) is 9.76. The molecule has 0 aliphatic rings. The van der Waals surface area contributed by atoms with Crippen molar-refractivity contribution < 1.29 is 47.3 Å². The minimum atomic E-state index is -4.19. The Balaban J connectivity index is 0.00000256. The summed E-state index contributed by atoms with van der Waals surface area (Å²) in [6.07, 6.45) is 0.535. The predicted molar refractivity (Wildman–Crippen MR) is 59.0 cm³/mol. The molecule has 0 atom stereocenters. The normalized spacial score (nSPS) is 10.6. The van der Waals surface area contributed by atoms with Gasteiger partial charge in [0.25, 0.3) is 0 Å². The van der Waals surface area contributed by atoms with Crippen LogP contribution in [0.1, 0.15) is 18.4 Å². The second-order valence-corrected chi connectivity index (χ2v) is 5.09. The van der Waals surface area contributed by atoms with Crippen molar-refractivity contribution in [1.29, 1.82) is 0 Å². The van der Waals surface area contributed by atoms with Gasteiger partial charge in [-0.05, 0) is 12.0 Å². The molecule has 0 N–H and O–H groups in total. The molecule has 0 saturated heterocycles. The monoisotopic (exact) mass is 264 g/mol. The summed E-state index contributed by atoms with van der Waals surface area (Å²) in [5, 5.41) is 0. The van der Waals surface area contributed by atoms with E-state index >= 15 is 0 Å². The molecule has 0 amide bonds. The van der Waals surface area contributed by atoms with Crippen LogP contribution in [0, 0.1) is 0 Å². The second kappa shape index (κ2) is 8.00. The van der Waals surface area contributed by atoms with E-state index in [-0.39, 0.29) is 48.2 Å². The van der Waals surface area contributed by atoms with Gasteiger partial charge in [0.2, 0.25) is 0 Å². The van der Waals surface area contributed by atoms with Crippen LogP contribution in [0.3, 0.4) is 0 Å². The van der Waals surface area contributed by atoms with E-state index in [1.54, 1.807) is 0 Å². The number of ketones is 1. The van der Waals surface area contributed by atoms with Crippen molar-refractivity contribution in [3.8, 4) is 0 Å². The molecular formula is C11H13NaO4S. The first-order valence-corrected chi connectivity index (χ1v) is 6.54. The van der Waals surface area contributed by atoms with Gasteiger partial charge >= 0.3 is 29.6 Å². The number of benzene rings is 1. The molecule has 4 nitrogen and oxygen atoms in total. The number of hydrogen-bond donors (Lipinski definition) is 0. The summed E-state index contributed by atoms with van der Waals surface area (Å²) in [7, 11) is -4.19. The summed E-state index contributed by atoms with van der Waals surface area (Å²) < 4.78 is 30.9. The van der Waals surface area contributed by atoms with Gasteiger partial charge in [0.15, 0.2) is 0 Å². The van der Waals surface area contributed by atoms with Crippen LogP contribution in [0.25, 0.3) is 0 Å². The van der Waals surface area contributed by atoms with Crippen LogP contribution in [0.4, 0.5) is 0 Å². The SMILES string of the molecule is O=C(CCCS(=O)(=O)[O-])Cc1ccccc1.[Na+]. The Morgan fingerprint density at radius 3 is 2.29 bits per heavy atom. The van der Waals surface area contributed by atoms with E-state index in [0.717, 1.165) is 5.56 Å². The largest absolute Gasteiger partial charge is 1.00 e. The first kappa shape index (κ1) is 16.8. The molecule has 0 radical (unpaired) electrons. The Morgan fingerprint density at radius 2 is 1.76 bits per heavy atom. The Bertz CT molecular complexity index is 442. The predicted octanol–water partition coefficient (Wildman–Crippen LogP) is -1.87. The van der Waals surface area contributed by atoms with Gasteiger partial charge in [0, 0.05) is 18.6 Å². The first-order chi connectivity index (χ1) is 7.47. The minimum absolute atomic E-state index is 0. The number of carbonyl (C=O) groups is 1. The van der Waals surface area contributed by atoms with Crippen LogP contribution in [0.5, 0.6) is 0 Å². The van der Waals surface area contributed by atoms with Gasteiger partial charge in [-0.1, -0.05) is 30.3 Å². The molecule has 0 aliphatic heterocycles. The van der Waals surface area contributed by atoms with E-state index in [1.165, 1.54) is 0 Å². The van der Waals surface area contributed by atoms with E-state index < -0.39 is 15.9 Å². The smallest absolute Gasteiger partial charge is 0.748 e. The zero-order chi connectivity index (χ0) is 12.0. The van der Waals surface area contributed by atoms with Crippen molar-refractivity contribution >= 4 is 15.9 Å². The van der Waals surface area contributed by atoms with E-state index in [9.17, 15) is 17.8 Å². The molecular weight excluding hydrogens is 251 g/mol. The van der Waals surface area contributed by atoms with Gasteiger partial charge in [0.05, 0.1) is 10.1 Å². The Hall–Kier alpha value is -0.200. The van der Waals surface area contributed by atoms with E-state index in [2.05, 4.69) is 0 Å². The maximum absolute atomic E-state index is 11.4. The van der Waals surface area contributed by atoms with Crippen molar-refractivity contribution in [2.24, 2.45) is 0 Å². The molecule has 0 fully saturated rings. The van der Waals surface area contributed by atoms with Crippen LogP contribution < -0.4 is 29.6 Å². The molecule has 1 rings (SSSR count). The summed E-state index contributed by atoms with van der Waals surface area (Å²) in [6.45, 7) is 0. The average molecular weight is 264 g/mol. The number of hydrogen-bond acceptors (Lipinski definition) is 4. The minimum Gasteiger partial charge on any atom is -0.748 e. The molecule has 0 heterocycles. The number of carbonyl (C=O) groups excluding carboxylic acids is 1. The average Bonchev–Trinajstić information content (AvgIpc) is 2.17. The van der Waals surface area contributed by atoms with E-state index in [0.29, 0.717) is 6.42 Å². The maximum atomic E-state index is 11.4. The topological polar surface area (TPSA) is 74.3 Å². The summed E-state index contributed by atoms with van der Waals surface area (Å²) in [5.74, 6) is -0.511. The summed E-state index contributed by atoms with van der Waals surface area (Å²) in [4.78, 5) is 11.4. The third-order valence-corrected chi connectivity index (χ3v) is 2.88. The molecule has 17 heavy (non-hydrogen) atoms. The molecule has 0 saturated carbocycles. The third kappa shape index (κ3) is 8.51. The van der Waals surface area contributed by atoms with Crippen LogP contribution in [0.2, 0.25) is 0 Å². The molecule has 0 aliphatic carbocycles. The molecule has 88 valence electrons. The van der Waals surface area contributed by atoms with Gasteiger partial charge in [-0.3, -0.25) is 4.79 Å². The molecule has 0 unspecified atom stereocenters. The van der Waals surface area contributed by atoms with E-state index in [1.807, 2.05) is 30.3 Å². The van der Waals surface area contributed by atoms with Crippen LogP contribution in [-0.4, -0.2) is 24.5 Å². The Morgan fingerprint density at radius 1 is 1.18 bits per heavy atom. The van der Waals surface area contributed by atoms with Crippen molar-refractivity contribution in [2.75, 3.05) is 5.75 Å². The van der Waals surface area contributed by atoms with Crippen molar-refractivity contribution in [3.63, 3.8) is 0 Å². The van der Waals surface area contributed by atoms with Gasteiger partial charge < -0.3 is 4.55 Å². The first-order valence-electron chi connectivity index (χ1n) is 4.96. The molecule has 0 aromatic heterocycles. The van der Waals surface area contributed by atoms with Crippen LogP contribution in [0.15, 0.2) is 30.3 Å². The summed E-state index contributed by atoms with van der Waals surface area (Å²) in [5.41, 5.74) is 0.900. The number of Topliss-reactive ketones (excluding diaryl/α,β-unsaturated/α-hetero) is 1. The van der Waals surface area contributed by atoms with Crippen LogP contribution in [-0.2, 0) is 21.3 Å². The number of rotatable bonds is 6. The summed E-state index contributed by atoms with van der Waals surface area (Å²) >= 11 is 0. The van der Waals surface area contributed by atoms with Crippen LogP contribution >= 0.6 is 0 Å². The Labute approximate surface area is 123 Å². The third-order valence-electron chi connectivity index (χ3n) is 2.09. The fourth-order valence-electron chi connectivity index (χ4n) is 1.36. The van der Waals surface area contributed by atoms with Crippen molar-refractivity contribution in [1.82, 2.24) is 0 Å². The molecule has 0 spiro atoms. The Kier molecular flexibility index (Phi) is 7.91. The molecule has 1 aromatic rings. The molecule has 0 bridgehead atoms. The quantitative estimate of drug-likeness (QED) is 0.445. The molecule has 1 aromatic carbocycles. The van der Waals surface area contributed by atoms with E-state index in [4.69, 9.17) is 0 Å². The van der Waals surface area contributed by atoms with Gasteiger partial charge in [-0.2, -0.15) is 0 Å². The fourth-order valence-corrected chi connectivity index (χ4v) is 1.86. The maximum Gasteiger partial charge on any atom is 1.00 e. The van der Waals surface area contributed by atoms with Crippen molar-refractivity contribution in [3.05, 3.63) is 35.9 Å².